The van der Waals surface area contributed by atoms with E-state index in [1.54, 1.807) is 22.9 Å². The number of ketones is 1. The molecule has 2 heterocycles. The van der Waals surface area contributed by atoms with Crippen molar-refractivity contribution in [2.24, 2.45) is 0 Å². The summed E-state index contributed by atoms with van der Waals surface area (Å²) in [5.74, 6) is -0.106. The van der Waals surface area contributed by atoms with Gasteiger partial charge in [-0.1, -0.05) is 30.0 Å². The summed E-state index contributed by atoms with van der Waals surface area (Å²) in [5, 5.41) is 15.0. The summed E-state index contributed by atoms with van der Waals surface area (Å²) in [5.41, 5.74) is 3.06. The number of nitrogens with zero attached hydrogens (tertiary/aromatic N) is 4. The third kappa shape index (κ3) is 2.99. The molecule has 1 aliphatic rings. The number of hydrogen-bond donors (Lipinski definition) is 1. The van der Waals surface area contributed by atoms with E-state index in [2.05, 4.69) is 20.8 Å². The Bertz CT molecular complexity index is 986. The highest BCUT2D eigenvalue weighted by atomic mass is 32.2. The van der Waals surface area contributed by atoms with E-state index in [0.29, 0.717) is 10.7 Å². The second-order valence-corrected chi connectivity index (χ2v) is 6.88. The first-order valence-corrected chi connectivity index (χ1v) is 9.06. The molecule has 26 heavy (non-hydrogen) atoms. The van der Waals surface area contributed by atoms with Crippen molar-refractivity contribution in [2.45, 2.75) is 18.0 Å². The van der Waals surface area contributed by atoms with Crippen molar-refractivity contribution in [3.05, 3.63) is 59.7 Å². The number of para-hydroxylation sites is 1. The number of benzene rings is 2. The lowest BCUT2D eigenvalue weighted by molar-refractivity contribution is -0.116. The minimum Gasteiger partial charge on any atom is -0.325 e. The van der Waals surface area contributed by atoms with Crippen LogP contribution in [0, 0.1) is 0 Å². The van der Waals surface area contributed by atoms with Crippen LogP contribution < -0.4 is 5.32 Å². The van der Waals surface area contributed by atoms with Crippen LogP contribution in [0.2, 0.25) is 0 Å². The van der Waals surface area contributed by atoms with Gasteiger partial charge in [0.1, 0.15) is 0 Å². The normalized spacial score (nSPS) is 15.6. The van der Waals surface area contributed by atoms with E-state index in [-0.39, 0.29) is 23.4 Å². The van der Waals surface area contributed by atoms with Gasteiger partial charge in [-0.2, -0.15) is 4.68 Å². The van der Waals surface area contributed by atoms with E-state index in [0.717, 1.165) is 16.9 Å². The van der Waals surface area contributed by atoms with E-state index < -0.39 is 0 Å². The number of aromatic nitrogens is 4. The number of nitrogens with one attached hydrogen (secondary N) is 1. The number of carbonyl (C=O) groups excluding carboxylic acids is 2. The average Bonchev–Trinajstić information content (AvgIpc) is 3.25. The number of fused-ring (bicyclic) bond motifs is 1. The summed E-state index contributed by atoms with van der Waals surface area (Å²) < 4.78 is 1.60. The van der Waals surface area contributed by atoms with Crippen molar-refractivity contribution in [1.29, 1.82) is 0 Å². The van der Waals surface area contributed by atoms with Crippen LogP contribution in [0.5, 0.6) is 0 Å². The minimum absolute atomic E-state index is 0.0352. The molecule has 130 valence electrons. The van der Waals surface area contributed by atoms with Gasteiger partial charge in [0.05, 0.1) is 17.4 Å². The summed E-state index contributed by atoms with van der Waals surface area (Å²) in [6.07, 6.45) is 0. The van der Waals surface area contributed by atoms with Gasteiger partial charge in [-0.15, -0.1) is 5.10 Å². The number of amides is 1. The number of anilines is 1. The Balaban J connectivity index is 1.49. The Labute approximate surface area is 153 Å². The Morgan fingerprint density at radius 3 is 2.85 bits per heavy atom. The zero-order valence-corrected chi connectivity index (χ0v) is 14.7. The Kier molecular flexibility index (Phi) is 4.26. The molecule has 1 atom stereocenters. The first kappa shape index (κ1) is 16.5. The fraction of sp³-hybridized carbons (Fsp3) is 0.167. The highest BCUT2D eigenvalue weighted by Crippen LogP contribution is 2.33. The van der Waals surface area contributed by atoms with E-state index in [4.69, 9.17) is 0 Å². The molecule has 1 aromatic heterocycles. The smallest absolute Gasteiger partial charge is 0.231 e. The zero-order valence-electron chi connectivity index (χ0n) is 13.9. The maximum absolute atomic E-state index is 12.6. The zero-order chi connectivity index (χ0) is 18.1. The van der Waals surface area contributed by atoms with Gasteiger partial charge < -0.3 is 5.32 Å². The SMILES string of the molecule is C[C@@H]1C(=O)Nc2ccc(C(=O)CSc3nnnn3-c3ccccc3)cc21. The van der Waals surface area contributed by atoms with Crippen LogP contribution in [0.1, 0.15) is 28.8 Å². The fourth-order valence-electron chi connectivity index (χ4n) is 2.80. The Morgan fingerprint density at radius 2 is 2.04 bits per heavy atom. The molecule has 2 aromatic carbocycles. The maximum atomic E-state index is 12.6. The lowest BCUT2D eigenvalue weighted by atomic mass is 9.99. The number of hydrogen-bond acceptors (Lipinski definition) is 6. The highest BCUT2D eigenvalue weighted by molar-refractivity contribution is 7.99. The van der Waals surface area contributed by atoms with E-state index in [1.807, 2.05) is 37.3 Å². The molecule has 8 heteroatoms. The number of Topliss-reactive ketones (excluding diaryl/α,β-unsaturated/α-hetero) is 1. The van der Waals surface area contributed by atoms with E-state index >= 15 is 0 Å². The van der Waals surface area contributed by atoms with Gasteiger partial charge in [-0.25, -0.2) is 0 Å². The van der Waals surface area contributed by atoms with Gasteiger partial charge in [0.2, 0.25) is 11.1 Å². The molecule has 0 radical (unpaired) electrons. The molecule has 1 amide bonds. The minimum atomic E-state index is -0.240. The van der Waals surface area contributed by atoms with Crippen molar-refractivity contribution in [2.75, 3.05) is 11.1 Å². The largest absolute Gasteiger partial charge is 0.325 e. The quantitative estimate of drug-likeness (QED) is 0.552. The summed E-state index contributed by atoms with van der Waals surface area (Å²) in [4.78, 5) is 24.3. The third-order valence-corrected chi connectivity index (χ3v) is 5.18. The van der Waals surface area contributed by atoms with E-state index in [9.17, 15) is 9.59 Å². The van der Waals surface area contributed by atoms with Crippen LogP contribution in [0.4, 0.5) is 5.69 Å². The molecule has 0 aliphatic carbocycles. The van der Waals surface area contributed by atoms with Crippen LogP contribution in [0.15, 0.2) is 53.7 Å². The van der Waals surface area contributed by atoms with Gasteiger partial charge in [0, 0.05) is 11.3 Å². The number of tetrazole rings is 1. The second-order valence-electron chi connectivity index (χ2n) is 5.93. The van der Waals surface area contributed by atoms with Gasteiger partial charge >= 0.3 is 0 Å². The standard InChI is InChI=1S/C18H15N5O2S/c1-11-14-9-12(7-8-15(14)19-17(11)25)16(24)10-26-18-20-21-22-23(18)13-5-3-2-4-6-13/h2-9,11H,10H2,1H3,(H,19,25)/t11-/m0/s1. The number of thioether (sulfide) groups is 1. The molecule has 4 rings (SSSR count). The Hall–Kier alpha value is -3.00. The number of rotatable bonds is 5. The van der Waals surface area contributed by atoms with Crippen LogP contribution in [-0.2, 0) is 4.79 Å². The Morgan fingerprint density at radius 1 is 1.23 bits per heavy atom. The van der Waals surface area contributed by atoms with Crippen molar-refractivity contribution in [3.8, 4) is 5.69 Å². The average molecular weight is 365 g/mol. The monoisotopic (exact) mass is 365 g/mol. The van der Waals surface area contributed by atoms with Crippen LogP contribution >= 0.6 is 11.8 Å². The first-order valence-electron chi connectivity index (χ1n) is 8.08. The van der Waals surface area contributed by atoms with Crippen LogP contribution in [0.25, 0.3) is 5.69 Å². The summed E-state index contributed by atoms with van der Waals surface area (Å²) in [6, 6.07) is 14.8. The molecular formula is C18H15N5O2S. The molecule has 0 fully saturated rings. The molecule has 0 unspecified atom stereocenters. The predicted octanol–water partition coefficient (Wildman–Crippen LogP) is 2.69. The number of carbonyl (C=O) groups is 2. The molecular weight excluding hydrogens is 350 g/mol. The van der Waals surface area contributed by atoms with E-state index in [1.165, 1.54) is 11.8 Å². The van der Waals surface area contributed by atoms with Crippen molar-refractivity contribution in [1.82, 2.24) is 20.2 Å². The van der Waals surface area contributed by atoms with Crippen molar-refractivity contribution in [3.63, 3.8) is 0 Å². The van der Waals surface area contributed by atoms with Gasteiger partial charge in [-0.3, -0.25) is 9.59 Å². The molecule has 3 aromatic rings. The molecule has 7 nitrogen and oxygen atoms in total. The summed E-state index contributed by atoms with van der Waals surface area (Å²) in [7, 11) is 0. The molecule has 1 aliphatic heterocycles. The van der Waals surface area contributed by atoms with Crippen LogP contribution in [-0.4, -0.2) is 37.7 Å². The van der Waals surface area contributed by atoms with Crippen molar-refractivity contribution >= 4 is 29.1 Å². The molecule has 1 N–H and O–H groups in total. The van der Waals surface area contributed by atoms with Crippen molar-refractivity contribution < 1.29 is 9.59 Å². The summed E-state index contributed by atoms with van der Waals surface area (Å²) >= 11 is 1.28. The maximum Gasteiger partial charge on any atom is 0.231 e. The highest BCUT2D eigenvalue weighted by Gasteiger charge is 2.27. The molecule has 0 saturated carbocycles. The molecule has 0 spiro atoms. The topological polar surface area (TPSA) is 89.8 Å². The lowest BCUT2D eigenvalue weighted by Gasteiger charge is -2.06. The third-order valence-electron chi connectivity index (χ3n) is 4.27. The fourth-order valence-corrected chi connectivity index (χ4v) is 3.59. The lowest BCUT2D eigenvalue weighted by Crippen LogP contribution is -2.08. The van der Waals surface area contributed by atoms with Crippen LogP contribution in [0.3, 0.4) is 0 Å². The van der Waals surface area contributed by atoms with Gasteiger partial charge in [0.25, 0.3) is 0 Å². The van der Waals surface area contributed by atoms with Gasteiger partial charge in [0.15, 0.2) is 5.78 Å². The predicted molar refractivity (Wildman–Crippen MR) is 97.7 cm³/mol. The summed E-state index contributed by atoms with van der Waals surface area (Å²) in [6.45, 7) is 1.83. The van der Waals surface area contributed by atoms with Gasteiger partial charge in [-0.05, 0) is 53.2 Å². The molecule has 0 saturated heterocycles. The molecule has 0 bridgehead atoms. The second kappa shape index (κ2) is 6.72. The first-order chi connectivity index (χ1) is 12.6.